The Bertz CT molecular complexity index is 73.7. The summed E-state index contributed by atoms with van der Waals surface area (Å²) in [4.78, 5) is 0. The lowest BCUT2D eigenvalue weighted by Crippen LogP contribution is -2.19. The van der Waals surface area contributed by atoms with Crippen molar-refractivity contribution in [1.29, 1.82) is 5.16 Å². The van der Waals surface area contributed by atoms with E-state index in [1.807, 2.05) is 13.7 Å². The van der Waals surface area contributed by atoms with Crippen LogP contribution in [0.2, 0.25) is 0 Å². The van der Waals surface area contributed by atoms with Gasteiger partial charge in [-0.3, -0.25) is 5.09 Å². The Hall–Kier alpha value is 0.150. The second kappa shape index (κ2) is 5.29. The first kappa shape index (κ1) is 8.15. The molecular weight excluding hydrogens is 121 g/mol. The van der Waals surface area contributed by atoms with E-state index in [4.69, 9.17) is 5.16 Å². The zero-order valence-corrected chi connectivity index (χ0v) is 6.41. The molecule has 0 aliphatic heterocycles. The molecule has 0 aromatic heterocycles. The second-order valence-electron chi connectivity index (χ2n) is 1.66. The van der Waals surface area contributed by atoms with Crippen molar-refractivity contribution in [2.75, 3.05) is 26.8 Å². The van der Waals surface area contributed by atoms with Crippen molar-refractivity contribution in [3.63, 3.8) is 0 Å². The molecule has 0 spiro atoms. The maximum atomic E-state index is 7.12. The molecule has 0 saturated heterocycles. The summed E-state index contributed by atoms with van der Waals surface area (Å²) >= 11 is 0. The molecule has 0 bridgehead atoms. The summed E-state index contributed by atoms with van der Waals surface area (Å²) in [6.45, 7) is 3.80. The highest BCUT2D eigenvalue weighted by atomic mass is 31.1. The fourth-order valence-electron chi connectivity index (χ4n) is 0.375. The molecule has 0 radical (unpaired) electrons. The summed E-state index contributed by atoms with van der Waals surface area (Å²) in [7, 11) is 0.963. The fraction of sp³-hybridized carbons (Fsp3) is 1.00. The van der Waals surface area contributed by atoms with E-state index in [-0.39, 0.29) is 0 Å². The van der Waals surface area contributed by atoms with E-state index in [0.717, 1.165) is 13.1 Å². The number of likely N-dealkylation sites (N-methyl/N-ethyl adjacent to an activating group) is 1. The summed E-state index contributed by atoms with van der Waals surface area (Å²) in [5, 5.41) is 13.2. The molecule has 0 aliphatic carbocycles. The van der Waals surface area contributed by atoms with Crippen molar-refractivity contribution < 1.29 is 0 Å². The molecule has 0 aromatic rings. The summed E-state index contributed by atoms with van der Waals surface area (Å²) in [6, 6.07) is 0. The van der Waals surface area contributed by atoms with Gasteiger partial charge in [-0.05, 0) is 13.7 Å². The minimum Gasteiger partial charge on any atom is -0.318 e. The molecule has 0 heterocycles. The van der Waals surface area contributed by atoms with E-state index < -0.39 is 7.86 Å². The summed E-state index contributed by atoms with van der Waals surface area (Å²) in [5.74, 6) is 0. The Labute approximate surface area is 51.2 Å². The van der Waals surface area contributed by atoms with E-state index in [0.29, 0.717) is 0 Å². The number of rotatable bonds is 4. The molecule has 0 amide bonds. The standard InChI is InChI=1S/C4H14N3P/c1-6-3-4-7-8(2)5/h6,8H,3-4H2,1-2H3,(H2,5,7). The lowest BCUT2D eigenvalue weighted by molar-refractivity contribution is 0.772. The predicted molar refractivity (Wildman–Crippen MR) is 38.9 cm³/mol. The van der Waals surface area contributed by atoms with Crippen molar-refractivity contribution in [2.24, 2.45) is 0 Å². The quantitative estimate of drug-likeness (QED) is 0.384. The van der Waals surface area contributed by atoms with Crippen LogP contribution >= 0.6 is 7.86 Å². The maximum absolute atomic E-state index is 7.12. The molecule has 0 aromatic carbocycles. The average Bonchev–Trinajstić information content (AvgIpc) is 1.66. The lowest BCUT2D eigenvalue weighted by atomic mass is 10.7. The molecule has 0 saturated carbocycles. The smallest absolute Gasteiger partial charge is 0.0125 e. The first-order chi connectivity index (χ1) is 3.77. The first-order valence-corrected chi connectivity index (χ1v) is 4.71. The normalized spacial score (nSPS) is 13.8. The van der Waals surface area contributed by atoms with Crippen LogP contribution in [-0.4, -0.2) is 26.8 Å². The molecule has 8 heavy (non-hydrogen) atoms. The summed E-state index contributed by atoms with van der Waals surface area (Å²) < 4.78 is 0. The molecule has 1 atom stereocenters. The van der Waals surface area contributed by atoms with E-state index in [1.165, 1.54) is 0 Å². The summed E-state index contributed by atoms with van der Waals surface area (Å²) in [5.41, 5.74) is 0. The molecule has 0 rings (SSSR count). The first-order valence-electron chi connectivity index (χ1n) is 2.71. The fourth-order valence-corrected chi connectivity index (χ4v) is 0.875. The molecule has 3 N–H and O–H groups in total. The third kappa shape index (κ3) is 6.15. The van der Waals surface area contributed by atoms with Crippen LogP contribution in [0.5, 0.6) is 0 Å². The van der Waals surface area contributed by atoms with E-state index in [2.05, 4.69) is 10.4 Å². The van der Waals surface area contributed by atoms with Crippen molar-refractivity contribution >= 4 is 7.86 Å². The van der Waals surface area contributed by atoms with E-state index in [1.54, 1.807) is 0 Å². The molecule has 3 nitrogen and oxygen atoms in total. The van der Waals surface area contributed by atoms with Crippen LogP contribution < -0.4 is 10.4 Å². The third-order valence-corrected chi connectivity index (χ3v) is 1.55. The molecule has 0 aliphatic rings. The Balaban J connectivity index is 2.82. The third-order valence-electron chi connectivity index (χ3n) is 0.765. The van der Waals surface area contributed by atoms with Crippen LogP contribution in [0.1, 0.15) is 0 Å². The van der Waals surface area contributed by atoms with Gasteiger partial charge in [0.1, 0.15) is 0 Å². The topological polar surface area (TPSA) is 47.9 Å². The van der Waals surface area contributed by atoms with Gasteiger partial charge in [0, 0.05) is 21.0 Å². The number of nitrogens with one attached hydrogen (secondary N) is 3. The van der Waals surface area contributed by atoms with Gasteiger partial charge >= 0.3 is 0 Å². The Morgan fingerprint density at radius 2 is 2.12 bits per heavy atom. The molecule has 4 heteroatoms. The second-order valence-corrected chi connectivity index (χ2v) is 3.26. The van der Waals surface area contributed by atoms with E-state index in [9.17, 15) is 0 Å². The highest BCUT2D eigenvalue weighted by molar-refractivity contribution is 7.42. The Morgan fingerprint density at radius 1 is 1.50 bits per heavy atom. The van der Waals surface area contributed by atoms with Crippen LogP contribution in [0.3, 0.4) is 0 Å². The van der Waals surface area contributed by atoms with Gasteiger partial charge in [0.15, 0.2) is 0 Å². The predicted octanol–water partition coefficient (Wildman–Crippen LogP) is 0.317. The van der Waals surface area contributed by atoms with Gasteiger partial charge in [0.2, 0.25) is 0 Å². The number of hydrogen-bond acceptors (Lipinski definition) is 2. The highest BCUT2D eigenvalue weighted by Gasteiger charge is 1.80. The van der Waals surface area contributed by atoms with Crippen LogP contribution in [0, 0.1) is 5.16 Å². The van der Waals surface area contributed by atoms with Crippen molar-refractivity contribution in [3.05, 3.63) is 0 Å². The lowest BCUT2D eigenvalue weighted by Gasteiger charge is -1.99. The zero-order valence-electron chi connectivity index (χ0n) is 5.41. The van der Waals surface area contributed by atoms with Crippen molar-refractivity contribution in [1.82, 2.24) is 10.4 Å². The van der Waals surface area contributed by atoms with Gasteiger partial charge in [-0.25, -0.2) is 0 Å². The van der Waals surface area contributed by atoms with Gasteiger partial charge in [-0.2, -0.15) is 0 Å². The molecule has 1 unspecified atom stereocenters. The minimum absolute atomic E-state index is 0.921. The van der Waals surface area contributed by atoms with Gasteiger partial charge < -0.3 is 10.5 Å². The van der Waals surface area contributed by atoms with Crippen LogP contribution in [0.4, 0.5) is 0 Å². The molecular formula is C4H14N3P. The minimum atomic E-state index is -0.947. The van der Waals surface area contributed by atoms with Crippen LogP contribution in [-0.2, 0) is 0 Å². The van der Waals surface area contributed by atoms with E-state index >= 15 is 0 Å². The van der Waals surface area contributed by atoms with Crippen molar-refractivity contribution in [3.8, 4) is 0 Å². The highest BCUT2D eigenvalue weighted by Crippen LogP contribution is 2.03. The number of hydrogen-bond donors (Lipinski definition) is 3. The van der Waals surface area contributed by atoms with Crippen LogP contribution in [0.25, 0.3) is 0 Å². The Morgan fingerprint density at radius 3 is 2.50 bits per heavy atom. The monoisotopic (exact) mass is 135 g/mol. The van der Waals surface area contributed by atoms with Crippen molar-refractivity contribution in [2.45, 2.75) is 0 Å². The Kier molecular flexibility index (Phi) is 5.39. The van der Waals surface area contributed by atoms with Gasteiger partial charge in [0.05, 0.1) is 0 Å². The summed E-state index contributed by atoms with van der Waals surface area (Å²) in [6.07, 6.45) is 0. The molecule has 50 valence electrons. The molecule has 0 fully saturated rings. The van der Waals surface area contributed by atoms with Gasteiger partial charge in [0.25, 0.3) is 0 Å². The van der Waals surface area contributed by atoms with Gasteiger partial charge in [-0.15, -0.1) is 0 Å². The zero-order chi connectivity index (χ0) is 6.41. The maximum Gasteiger partial charge on any atom is 0.0125 e. The average molecular weight is 135 g/mol. The van der Waals surface area contributed by atoms with Crippen LogP contribution in [0.15, 0.2) is 0 Å². The van der Waals surface area contributed by atoms with Gasteiger partial charge in [-0.1, -0.05) is 0 Å². The SMILES string of the molecule is CNCCN[PH](C)=N. The largest absolute Gasteiger partial charge is 0.318 e.